The normalized spacial score (nSPS) is 26.5. The summed E-state index contributed by atoms with van der Waals surface area (Å²) in [5, 5.41) is 0. The Bertz CT molecular complexity index is 632. The molecule has 1 aromatic carbocycles. The average Bonchev–Trinajstić information content (AvgIpc) is 3.23. The van der Waals surface area contributed by atoms with Crippen molar-refractivity contribution < 1.29 is 22.3 Å². The van der Waals surface area contributed by atoms with Gasteiger partial charge in [-0.2, -0.15) is 13.2 Å². The van der Waals surface area contributed by atoms with Crippen molar-refractivity contribution in [3.8, 4) is 0 Å². The second-order valence-corrected chi connectivity index (χ2v) is 5.77. The smallest absolute Gasteiger partial charge is 0.385 e. The summed E-state index contributed by atoms with van der Waals surface area (Å²) in [5.41, 5.74) is 4.96. The Hall–Kier alpha value is -1.83. The summed E-state index contributed by atoms with van der Waals surface area (Å²) in [6.07, 6.45) is -3.97. The summed E-state index contributed by atoms with van der Waals surface area (Å²) in [6.45, 7) is 2.59. The molecule has 0 aromatic heterocycles. The Balaban J connectivity index is 1.81. The summed E-state index contributed by atoms with van der Waals surface area (Å²) in [6, 6.07) is 2.39. The maximum absolute atomic E-state index is 13.6. The molecule has 0 amide bonds. The monoisotopic (exact) mass is 331 g/mol. The van der Waals surface area contributed by atoms with Gasteiger partial charge in [-0.25, -0.2) is 4.39 Å². The minimum atomic E-state index is -4.58. The summed E-state index contributed by atoms with van der Waals surface area (Å²) >= 11 is 0. The highest BCUT2D eigenvalue weighted by Gasteiger charge is 2.46. The number of nitrogens with two attached hydrogens (primary N) is 1. The van der Waals surface area contributed by atoms with Crippen molar-refractivity contribution >= 4 is 11.5 Å². The lowest BCUT2D eigenvalue weighted by atomic mass is 10.0. The first kappa shape index (κ1) is 16.0. The van der Waals surface area contributed by atoms with E-state index in [0.29, 0.717) is 31.4 Å². The van der Waals surface area contributed by atoms with Crippen LogP contribution in [0.1, 0.15) is 18.9 Å². The topological polar surface area (TPSA) is 54.1 Å². The number of epoxide rings is 1. The van der Waals surface area contributed by atoms with E-state index < -0.39 is 17.6 Å². The maximum Gasteiger partial charge on any atom is 0.416 e. The first-order valence-electron chi connectivity index (χ1n) is 7.39. The van der Waals surface area contributed by atoms with Crippen molar-refractivity contribution in [2.24, 2.45) is 10.7 Å². The number of fused-ring (bicyclic) bond motifs is 1. The second kappa shape index (κ2) is 5.67. The highest BCUT2D eigenvalue weighted by Crippen LogP contribution is 2.34. The lowest BCUT2D eigenvalue weighted by molar-refractivity contribution is -0.137. The molecular weight excluding hydrogens is 314 g/mol. The first-order chi connectivity index (χ1) is 10.8. The third-order valence-corrected chi connectivity index (χ3v) is 4.10. The first-order valence-corrected chi connectivity index (χ1v) is 7.39. The Labute approximate surface area is 130 Å². The number of hydrogen-bond acceptors (Lipinski definition) is 4. The number of likely N-dealkylation sites (N-methyl/N-ethyl adjacent to an activating group) is 1. The van der Waals surface area contributed by atoms with E-state index in [0.717, 1.165) is 12.1 Å². The van der Waals surface area contributed by atoms with Gasteiger partial charge in [0.25, 0.3) is 0 Å². The Morgan fingerprint density at radius 1 is 1.35 bits per heavy atom. The van der Waals surface area contributed by atoms with Gasteiger partial charge in [0.15, 0.2) is 0 Å². The number of hydrogen-bond donors (Lipinski definition) is 1. The van der Waals surface area contributed by atoms with E-state index in [2.05, 4.69) is 4.99 Å². The van der Waals surface area contributed by atoms with E-state index in [1.54, 1.807) is 11.8 Å². The van der Waals surface area contributed by atoms with Crippen molar-refractivity contribution in [3.63, 3.8) is 0 Å². The molecule has 2 N–H and O–H groups in total. The summed E-state index contributed by atoms with van der Waals surface area (Å²) in [7, 11) is 0. The van der Waals surface area contributed by atoms with Crippen LogP contribution in [0.3, 0.4) is 0 Å². The van der Waals surface area contributed by atoms with E-state index >= 15 is 0 Å². The fraction of sp³-hybridized carbons (Fsp3) is 0.533. The van der Waals surface area contributed by atoms with Gasteiger partial charge in [-0.15, -0.1) is 0 Å². The van der Waals surface area contributed by atoms with Crippen molar-refractivity contribution in [1.82, 2.24) is 0 Å². The number of aliphatic imine (C=N–C) groups is 1. The van der Waals surface area contributed by atoms with E-state index in [4.69, 9.17) is 10.5 Å². The van der Waals surface area contributed by atoms with Crippen molar-refractivity contribution in [2.45, 2.75) is 37.8 Å². The van der Waals surface area contributed by atoms with Crippen LogP contribution in [-0.2, 0) is 10.9 Å². The molecule has 1 saturated heterocycles. The lowest BCUT2D eigenvalue weighted by Crippen LogP contribution is -2.37. The quantitative estimate of drug-likeness (QED) is 0.681. The van der Waals surface area contributed by atoms with Crippen molar-refractivity contribution in [3.05, 3.63) is 29.6 Å². The molecule has 8 heteroatoms. The molecule has 2 heterocycles. The van der Waals surface area contributed by atoms with Crippen LogP contribution in [0.4, 0.5) is 23.2 Å². The number of halogens is 4. The number of alkyl halides is 3. The van der Waals surface area contributed by atoms with Crippen LogP contribution in [-0.4, -0.2) is 37.2 Å². The summed E-state index contributed by atoms with van der Waals surface area (Å²) in [4.78, 5) is 5.99. The number of ether oxygens (including phenoxy) is 1. The molecule has 3 unspecified atom stereocenters. The van der Waals surface area contributed by atoms with Crippen molar-refractivity contribution in [2.75, 3.05) is 18.0 Å². The molecule has 0 aliphatic carbocycles. The Morgan fingerprint density at radius 2 is 2.09 bits per heavy atom. The fourth-order valence-corrected chi connectivity index (χ4v) is 2.89. The van der Waals surface area contributed by atoms with Crippen LogP contribution in [0, 0.1) is 5.82 Å². The van der Waals surface area contributed by atoms with Gasteiger partial charge in [0.1, 0.15) is 17.8 Å². The average molecular weight is 331 g/mol. The molecule has 126 valence electrons. The van der Waals surface area contributed by atoms with Crippen LogP contribution >= 0.6 is 0 Å². The number of rotatable bonds is 4. The minimum Gasteiger partial charge on any atom is -0.385 e. The van der Waals surface area contributed by atoms with Gasteiger partial charge in [0.2, 0.25) is 0 Å². The van der Waals surface area contributed by atoms with Gasteiger partial charge in [0, 0.05) is 25.2 Å². The number of nitrogens with zero attached hydrogens (tertiary/aromatic N) is 2. The Kier molecular flexibility index (Phi) is 3.95. The molecular formula is C15H17F4N3O. The number of amidine groups is 1. The lowest BCUT2D eigenvalue weighted by Gasteiger charge is -2.28. The summed E-state index contributed by atoms with van der Waals surface area (Å²) in [5.74, 6) is -0.483. The molecule has 1 fully saturated rings. The molecule has 0 spiro atoms. The maximum atomic E-state index is 13.6. The zero-order chi connectivity index (χ0) is 16.8. The van der Waals surface area contributed by atoms with Crippen LogP contribution < -0.4 is 10.6 Å². The minimum absolute atomic E-state index is 0.0504. The molecule has 3 rings (SSSR count). The molecule has 0 bridgehead atoms. The van der Waals surface area contributed by atoms with Gasteiger partial charge in [-0.05, 0) is 25.1 Å². The van der Waals surface area contributed by atoms with Crippen molar-refractivity contribution in [1.29, 1.82) is 0 Å². The number of anilines is 1. The van der Waals surface area contributed by atoms with E-state index in [-0.39, 0.29) is 23.9 Å². The van der Waals surface area contributed by atoms with Gasteiger partial charge < -0.3 is 15.4 Å². The predicted molar refractivity (Wildman–Crippen MR) is 78.0 cm³/mol. The van der Waals surface area contributed by atoms with Gasteiger partial charge >= 0.3 is 6.18 Å². The highest BCUT2D eigenvalue weighted by atomic mass is 19.4. The Morgan fingerprint density at radius 3 is 2.70 bits per heavy atom. The van der Waals surface area contributed by atoms with Crippen LogP contribution in [0.15, 0.2) is 23.2 Å². The van der Waals surface area contributed by atoms with Gasteiger partial charge in [0.05, 0.1) is 17.7 Å². The number of benzene rings is 1. The molecule has 1 aromatic rings. The van der Waals surface area contributed by atoms with E-state index in [1.807, 2.05) is 0 Å². The fourth-order valence-electron chi connectivity index (χ4n) is 2.89. The molecule has 3 atom stereocenters. The predicted octanol–water partition coefficient (Wildman–Crippen LogP) is 2.57. The van der Waals surface area contributed by atoms with E-state index in [9.17, 15) is 17.6 Å². The SMILES string of the molecule is CCN(CC1CC2OC2C(N)=N1)c1cc(F)cc(C(F)(F)F)c1. The van der Waals surface area contributed by atoms with Gasteiger partial charge in [-0.3, -0.25) is 4.99 Å². The third-order valence-electron chi connectivity index (χ3n) is 4.10. The highest BCUT2D eigenvalue weighted by molar-refractivity contribution is 5.88. The van der Waals surface area contributed by atoms with Crippen LogP contribution in [0.25, 0.3) is 0 Å². The van der Waals surface area contributed by atoms with Crippen LogP contribution in [0.2, 0.25) is 0 Å². The molecule has 4 nitrogen and oxygen atoms in total. The van der Waals surface area contributed by atoms with Gasteiger partial charge in [-0.1, -0.05) is 0 Å². The molecule has 0 saturated carbocycles. The molecule has 0 radical (unpaired) electrons. The van der Waals surface area contributed by atoms with Crippen LogP contribution in [0.5, 0.6) is 0 Å². The van der Waals surface area contributed by atoms with E-state index in [1.165, 1.54) is 0 Å². The summed E-state index contributed by atoms with van der Waals surface area (Å²) < 4.78 is 57.4. The third kappa shape index (κ3) is 3.41. The standard InChI is InChI=1S/C15H17F4N3O/c1-2-22(7-10-6-12-13(23-12)14(20)21-10)11-4-8(15(17,18)19)3-9(16)5-11/h3-5,10,12-13H,2,6-7H2,1H3,(H2,20,21). The second-order valence-electron chi connectivity index (χ2n) is 5.77. The zero-order valence-corrected chi connectivity index (χ0v) is 12.5. The zero-order valence-electron chi connectivity index (χ0n) is 12.5. The molecule has 2 aliphatic heterocycles. The molecule has 2 aliphatic rings. The largest absolute Gasteiger partial charge is 0.416 e. The molecule has 23 heavy (non-hydrogen) atoms.